The van der Waals surface area contributed by atoms with Crippen molar-refractivity contribution in [1.82, 2.24) is 9.88 Å². The summed E-state index contributed by atoms with van der Waals surface area (Å²) in [5, 5.41) is 1.23. The highest BCUT2D eigenvalue weighted by atomic mass is 79.9. The largest absolute Gasteiger partial charge is 0.461 e. The van der Waals surface area contributed by atoms with Gasteiger partial charge in [-0.15, -0.1) is 0 Å². The monoisotopic (exact) mass is 406 g/mol. The van der Waals surface area contributed by atoms with Crippen molar-refractivity contribution in [1.29, 1.82) is 0 Å². The Balaban J connectivity index is 1.93. The molecule has 0 radical (unpaired) electrons. The maximum absolute atomic E-state index is 12.7. The first-order chi connectivity index (χ1) is 11.5. The van der Waals surface area contributed by atoms with Crippen LogP contribution in [0.2, 0.25) is 5.15 Å². The molecule has 3 rings (SSSR count). The molecule has 4 nitrogen and oxygen atoms in total. The maximum Gasteiger partial charge on any atom is 0.257 e. The average Bonchev–Trinajstić information content (AvgIpc) is 2.94. The molecule has 0 aliphatic carbocycles. The molecular weight excluding hydrogens is 392 g/mol. The second-order valence-corrected chi connectivity index (χ2v) is 6.78. The number of para-hydroxylation sites is 1. The van der Waals surface area contributed by atoms with Gasteiger partial charge in [-0.2, -0.15) is 0 Å². The smallest absolute Gasteiger partial charge is 0.257 e. The SMILES string of the molecule is CCc1oc2ccccc2c1CN(C)C(=O)c1cc(Br)cnc1Cl. The van der Waals surface area contributed by atoms with Gasteiger partial charge in [0.15, 0.2) is 0 Å². The molecule has 0 atom stereocenters. The number of fused-ring (bicyclic) bond motifs is 1. The third kappa shape index (κ3) is 3.19. The van der Waals surface area contributed by atoms with Crippen LogP contribution in [0.1, 0.15) is 28.6 Å². The van der Waals surface area contributed by atoms with Crippen LogP contribution in [0.4, 0.5) is 0 Å². The molecular formula is C18H16BrClN2O2. The number of hydrogen-bond donors (Lipinski definition) is 0. The molecule has 124 valence electrons. The Morgan fingerprint density at radius 1 is 1.38 bits per heavy atom. The number of hydrogen-bond acceptors (Lipinski definition) is 3. The summed E-state index contributed by atoms with van der Waals surface area (Å²) < 4.78 is 6.61. The molecule has 0 aliphatic heterocycles. The highest BCUT2D eigenvalue weighted by Gasteiger charge is 2.20. The first-order valence-electron chi connectivity index (χ1n) is 7.57. The van der Waals surface area contributed by atoms with E-state index in [1.807, 2.05) is 31.2 Å². The molecule has 1 amide bonds. The predicted octanol–water partition coefficient (Wildman–Crippen LogP) is 5.08. The lowest BCUT2D eigenvalue weighted by Crippen LogP contribution is -2.27. The number of aryl methyl sites for hydroxylation is 1. The molecule has 0 N–H and O–H groups in total. The van der Waals surface area contributed by atoms with Crippen LogP contribution in [-0.4, -0.2) is 22.8 Å². The zero-order valence-electron chi connectivity index (χ0n) is 13.3. The van der Waals surface area contributed by atoms with Crippen LogP contribution >= 0.6 is 27.5 Å². The number of benzene rings is 1. The van der Waals surface area contributed by atoms with Gasteiger partial charge >= 0.3 is 0 Å². The molecule has 0 saturated carbocycles. The summed E-state index contributed by atoms with van der Waals surface area (Å²) in [6.07, 6.45) is 2.34. The molecule has 24 heavy (non-hydrogen) atoms. The first kappa shape index (κ1) is 17.0. The van der Waals surface area contributed by atoms with Crippen molar-refractivity contribution in [2.24, 2.45) is 0 Å². The van der Waals surface area contributed by atoms with Crippen LogP contribution in [0.25, 0.3) is 11.0 Å². The van der Waals surface area contributed by atoms with Gasteiger partial charge in [0.25, 0.3) is 5.91 Å². The molecule has 0 unspecified atom stereocenters. The van der Waals surface area contributed by atoms with Crippen LogP contribution in [0, 0.1) is 0 Å². The van der Waals surface area contributed by atoms with Crippen molar-refractivity contribution in [2.45, 2.75) is 19.9 Å². The van der Waals surface area contributed by atoms with Gasteiger partial charge in [-0.25, -0.2) is 4.98 Å². The minimum absolute atomic E-state index is 0.180. The summed E-state index contributed by atoms with van der Waals surface area (Å²) in [5.74, 6) is 0.718. The van der Waals surface area contributed by atoms with E-state index in [-0.39, 0.29) is 11.1 Å². The van der Waals surface area contributed by atoms with E-state index in [4.69, 9.17) is 16.0 Å². The van der Waals surface area contributed by atoms with Gasteiger partial charge in [0.2, 0.25) is 0 Å². The molecule has 2 heterocycles. The third-order valence-electron chi connectivity index (χ3n) is 3.88. The van der Waals surface area contributed by atoms with Crippen molar-refractivity contribution in [2.75, 3.05) is 7.05 Å². The maximum atomic E-state index is 12.7. The van der Waals surface area contributed by atoms with Gasteiger partial charge in [0.1, 0.15) is 16.5 Å². The topological polar surface area (TPSA) is 46.3 Å². The van der Waals surface area contributed by atoms with Gasteiger partial charge < -0.3 is 9.32 Å². The van der Waals surface area contributed by atoms with E-state index in [1.54, 1.807) is 24.2 Å². The van der Waals surface area contributed by atoms with Crippen molar-refractivity contribution in [3.63, 3.8) is 0 Å². The van der Waals surface area contributed by atoms with Crippen LogP contribution < -0.4 is 0 Å². The van der Waals surface area contributed by atoms with Crippen molar-refractivity contribution < 1.29 is 9.21 Å². The van der Waals surface area contributed by atoms with Crippen molar-refractivity contribution >= 4 is 44.4 Å². The second kappa shape index (κ2) is 6.95. The van der Waals surface area contributed by atoms with Gasteiger partial charge in [-0.1, -0.05) is 36.7 Å². The minimum Gasteiger partial charge on any atom is -0.461 e. The number of halogens is 2. The summed E-state index contributed by atoms with van der Waals surface area (Å²) in [6.45, 7) is 2.49. The number of amides is 1. The van der Waals surface area contributed by atoms with Gasteiger partial charge in [-0.3, -0.25) is 4.79 Å². The highest BCUT2D eigenvalue weighted by Crippen LogP contribution is 2.28. The standard InChI is InChI=1S/C18H16BrClN2O2/c1-3-15-14(12-6-4-5-7-16(12)24-15)10-22(2)18(23)13-8-11(19)9-21-17(13)20/h4-9H,3,10H2,1-2H3. The van der Waals surface area contributed by atoms with Crippen LogP contribution in [0.3, 0.4) is 0 Å². The Kier molecular flexibility index (Phi) is 4.92. The fraction of sp³-hybridized carbons (Fsp3) is 0.222. The Morgan fingerprint density at radius 3 is 2.88 bits per heavy atom. The zero-order chi connectivity index (χ0) is 17.3. The first-order valence-corrected chi connectivity index (χ1v) is 8.74. The predicted molar refractivity (Wildman–Crippen MR) is 98.3 cm³/mol. The second-order valence-electron chi connectivity index (χ2n) is 5.51. The summed E-state index contributed by atoms with van der Waals surface area (Å²) in [4.78, 5) is 18.4. The van der Waals surface area contributed by atoms with E-state index in [1.165, 1.54) is 0 Å². The quantitative estimate of drug-likeness (QED) is 0.567. The number of aromatic nitrogens is 1. The molecule has 6 heteroatoms. The lowest BCUT2D eigenvalue weighted by atomic mass is 10.1. The Morgan fingerprint density at radius 2 is 2.12 bits per heavy atom. The Labute approximate surface area is 153 Å². The summed E-state index contributed by atoms with van der Waals surface area (Å²) in [6, 6.07) is 9.55. The molecule has 3 aromatic rings. The van der Waals surface area contributed by atoms with Crippen molar-refractivity contribution in [3.05, 3.63) is 63.0 Å². The van der Waals surface area contributed by atoms with E-state index in [0.29, 0.717) is 16.6 Å². The van der Waals surface area contributed by atoms with Crippen LogP contribution in [-0.2, 0) is 13.0 Å². The summed E-state index contributed by atoms with van der Waals surface area (Å²) in [7, 11) is 1.75. The summed E-state index contributed by atoms with van der Waals surface area (Å²) in [5.41, 5.74) is 2.25. The number of pyridine rings is 1. The van der Waals surface area contributed by atoms with E-state index in [0.717, 1.165) is 28.7 Å². The van der Waals surface area contributed by atoms with Gasteiger partial charge in [0, 0.05) is 41.6 Å². The molecule has 0 fully saturated rings. The fourth-order valence-electron chi connectivity index (χ4n) is 2.70. The number of nitrogens with zero attached hydrogens (tertiary/aromatic N) is 2. The molecule has 0 aliphatic rings. The zero-order valence-corrected chi connectivity index (χ0v) is 15.7. The van der Waals surface area contributed by atoms with Crippen LogP contribution in [0.15, 0.2) is 45.4 Å². The molecule has 0 bridgehead atoms. The Hall–Kier alpha value is -1.85. The van der Waals surface area contributed by atoms with E-state index < -0.39 is 0 Å². The van der Waals surface area contributed by atoms with E-state index in [9.17, 15) is 4.79 Å². The molecule has 0 spiro atoms. The number of furan rings is 1. The lowest BCUT2D eigenvalue weighted by molar-refractivity contribution is 0.0784. The molecule has 0 saturated heterocycles. The fourth-order valence-corrected chi connectivity index (χ4v) is 3.21. The molecule has 2 aromatic heterocycles. The minimum atomic E-state index is -0.180. The van der Waals surface area contributed by atoms with Crippen LogP contribution in [0.5, 0.6) is 0 Å². The molecule has 1 aromatic carbocycles. The average molecular weight is 408 g/mol. The normalized spacial score (nSPS) is 11.0. The van der Waals surface area contributed by atoms with Crippen molar-refractivity contribution in [3.8, 4) is 0 Å². The lowest BCUT2D eigenvalue weighted by Gasteiger charge is -2.18. The third-order valence-corrected chi connectivity index (χ3v) is 4.62. The summed E-state index contributed by atoms with van der Waals surface area (Å²) >= 11 is 9.40. The van der Waals surface area contributed by atoms with E-state index in [2.05, 4.69) is 20.9 Å². The Bertz CT molecular complexity index is 907. The van der Waals surface area contributed by atoms with Gasteiger partial charge in [-0.05, 0) is 28.1 Å². The number of carbonyl (C=O) groups is 1. The number of rotatable bonds is 4. The van der Waals surface area contributed by atoms with Gasteiger partial charge in [0.05, 0.1) is 5.56 Å². The number of carbonyl (C=O) groups excluding carboxylic acids is 1. The van der Waals surface area contributed by atoms with E-state index >= 15 is 0 Å². The highest BCUT2D eigenvalue weighted by molar-refractivity contribution is 9.10.